The van der Waals surface area contributed by atoms with Crippen molar-refractivity contribution in [2.45, 2.75) is 13.0 Å². The molecule has 2 aromatic carbocycles. The largest absolute Gasteiger partial charge is 0.459 e. The van der Waals surface area contributed by atoms with Crippen LogP contribution in [0.25, 0.3) is 11.0 Å². The van der Waals surface area contributed by atoms with Crippen molar-refractivity contribution in [1.29, 1.82) is 0 Å². The Hall–Kier alpha value is -1.88. The van der Waals surface area contributed by atoms with Gasteiger partial charge >= 0.3 is 0 Å². The van der Waals surface area contributed by atoms with E-state index in [1.807, 2.05) is 37.3 Å². The van der Waals surface area contributed by atoms with E-state index in [1.165, 1.54) is 6.07 Å². The zero-order valence-corrected chi connectivity index (χ0v) is 12.7. The van der Waals surface area contributed by atoms with Crippen molar-refractivity contribution in [1.82, 2.24) is 0 Å². The normalized spacial score (nSPS) is 12.6. The molecule has 3 rings (SSSR count). The van der Waals surface area contributed by atoms with E-state index in [-0.39, 0.29) is 16.2 Å². The van der Waals surface area contributed by atoms with Crippen LogP contribution in [-0.4, -0.2) is 0 Å². The Morgan fingerprint density at radius 3 is 2.62 bits per heavy atom. The molecule has 0 spiro atoms. The van der Waals surface area contributed by atoms with Gasteiger partial charge in [-0.3, -0.25) is 0 Å². The molecular weight excluding hydrogens is 340 g/mol. The third-order valence-electron chi connectivity index (χ3n) is 3.25. The fraction of sp³-hybridized carbons (Fsp3) is 0.125. The molecule has 108 valence electrons. The molecule has 0 aliphatic heterocycles. The molecule has 0 radical (unpaired) electrons. The molecule has 1 aromatic heterocycles. The van der Waals surface area contributed by atoms with Crippen molar-refractivity contribution in [2.75, 3.05) is 5.32 Å². The molecule has 1 N–H and O–H groups in total. The number of para-hydroxylation sites is 1. The molecule has 3 aromatic rings. The van der Waals surface area contributed by atoms with Gasteiger partial charge in [-0.05, 0) is 41.1 Å². The first-order valence-corrected chi connectivity index (χ1v) is 7.23. The van der Waals surface area contributed by atoms with Crippen LogP contribution in [0.3, 0.4) is 0 Å². The van der Waals surface area contributed by atoms with Gasteiger partial charge in [0.05, 0.1) is 16.2 Å². The predicted molar refractivity (Wildman–Crippen MR) is 82.3 cm³/mol. The van der Waals surface area contributed by atoms with Crippen LogP contribution in [0.2, 0.25) is 0 Å². The zero-order valence-electron chi connectivity index (χ0n) is 11.2. The maximum atomic E-state index is 13.8. The lowest BCUT2D eigenvalue weighted by Crippen LogP contribution is -2.07. The minimum atomic E-state index is -0.640. The van der Waals surface area contributed by atoms with Crippen LogP contribution in [-0.2, 0) is 0 Å². The van der Waals surface area contributed by atoms with E-state index >= 15 is 0 Å². The summed E-state index contributed by atoms with van der Waals surface area (Å²) in [7, 11) is 0. The SMILES string of the molecule is CC(Nc1cc(Br)c(F)cc1F)c1cc2ccccc2o1. The standard InChI is InChI=1S/C16H12BrF2NO/c1-9(16-6-10-4-2-3-5-15(10)21-16)20-14-7-11(17)12(18)8-13(14)19/h2-9,20H,1H3. The molecule has 21 heavy (non-hydrogen) atoms. The second-order valence-corrected chi connectivity index (χ2v) is 5.65. The molecular formula is C16H12BrF2NO. The predicted octanol–water partition coefficient (Wildman–Crippen LogP) is 5.65. The number of halogens is 3. The highest BCUT2D eigenvalue weighted by atomic mass is 79.9. The summed E-state index contributed by atoms with van der Waals surface area (Å²) < 4.78 is 32.9. The van der Waals surface area contributed by atoms with Crippen molar-refractivity contribution < 1.29 is 13.2 Å². The van der Waals surface area contributed by atoms with Crippen LogP contribution in [0.5, 0.6) is 0 Å². The quantitative estimate of drug-likeness (QED) is 0.617. The molecule has 0 aliphatic rings. The van der Waals surface area contributed by atoms with Crippen molar-refractivity contribution in [3.8, 4) is 0 Å². The molecule has 1 heterocycles. The lowest BCUT2D eigenvalue weighted by Gasteiger charge is -2.14. The van der Waals surface area contributed by atoms with E-state index in [0.717, 1.165) is 17.0 Å². The van der Waals surface area contributed by atoms with Crippen LogP contribution in [0, 0.1) is 11.6 Å². The van der Waals surface area contributed by atoms with Crippen molar-refractivity contribution >= 4 is 32.6 Å². The van der Waals surface area contributed by atoms with Gasteiger partial charge < -0.3 is 9.73 Å². The summed E-state index contributed by atoms with van der Waals surface area (Å²) in [5.74, 6) is -0.579. The molecule has 1 atom stereocenters. The van der Waals surface area contributed by atoms with Crippen LogP contribution >= 0.6 is 15.9 Å². The van der Waals surface area contributed by atoms with E-state index in [9.17, 15) is 8.78 Å². The lowest BCUT2D eigenvalue weighted by atomic mass is 10.2. The van der Waals surface area contributed by atoms with E-state index in [4.69, 9.17) is 4.42 Å². The molecule has 2 nitrogen and oxygen atoms in total. The van der Waals surface area contributed by atoms with Gasteiger partial charge in [-0.15, -0.1) is 0 Å². The molecule has 0 saturated carbocycles. The van der Waals surface area contributed by atoms with E-state index in [0.29, 0.717) is 5.76 Å². The molecule has 1 unspecified atom stereocenters. The summed E-state index contributed by atoms with van der Waals surface area (Å²) in [5.41, 5.74) is 0.998. The third kappa shape index (κ3) is 2.78. The average Bonchev–Trinajstić information content (AvgIpc) is 2.88. The average molecular weight is 352 g/mol. The summed E-state index contributed by atoms with van der Waals surface area (Å²) in [6.07, 6.45) is 0. The molecule has 0 saturated heterocycles. The maximum Gasteiger partial charge on any atom is 0.149 e. The first-order valence-electron chi connectivity index (χ1n) is 6.44. The van der Waals surface area contributed by atoms with Gasteiger partial charge in [-0.2, -0.15) is 0 Å². The molecule has 0 amide bonds. The van der Waals surface area contributed by atoms with Gasteiger partial charge in [-0.25, -0.2) is 8.78 Å². The lowest BCUT2D eigenvalue weighted by molar-refractivity contribution is 0.523. The summed E-state index contributed by atoms with van der Waals surface area (Å²) >= 11 is 3.05. The smallest absolute Gasteiger partial charge is 0.149 e. The monoisotopic (exact) mass is 351 g/mol. The Balaban J connectivity index is 1.89. The van der Waals surface area contributed by atoms with Crippen LogP contribution in [0.15, 0.2) is 51.4 Å². The number of benzene rings is 2. The summed E-state index contributed by atoms with van der Waals surface area (Å²) in [6.45, 7) is 1.86. The number of nitrogens with one attached hydrogen (secondary N) is 1. The van der Waals surface area contributed by atoms with Gasteiger partial charge in [0.2, 0.25) is 0 Å². The van der Waals surface area contributed by atoms with Gasteiger partial charge in [0.15, 0.2) is 0 Å². The Bertz CT molecular complexity index is 767. The van der Waals surface area contributed by atoms with Crippen molar-refractivity contribution in [3.05, 3.63) is 64.3 Å². The maximum absolute atomic E-state index is 13.8. The summed E-state index contributed by atoms with van der Waals surface area (Å²) in [5, 5.41) is 3.98. The molecule has 0 bridgehead atoms. The van der Waals surface area contributed by atoms with Gasteiger partial charge in [-0.1, -0.05) is 18.2 Å². The molecule has 0 fully saturated rings. The highest BCUT2D eigenvalue weighted by molar-refractivity contribution is 9.10. The first kappa shape index (κ1) is 14.1. The second-order valence-electron chi connectivity index (χ2n) is 4.80. The zero-order chi connectivity index (χ0) is 15.0. The Morgan fingerprint density at radius 2 is 1.86 bits per heavy atom. The topological polar surface area (TPSA) is 25.2 Å². The number of furan rings is 1. The Kier molecular flexibility index (Phi) is 3.68. The van der Waals surface area contributed by atoms with Crippen molar-refractivity contribution in [2.24, 2.45) is 0 Å². The van der Waals surface area contributed by atoms with Crippen LogP contribution in [0.1, 0.15) is 18.7 Å². The van der Waals surface area contributed by atoms with E-state index < -0.39 is 11.6 Å². The minimum Gasteiger partial charge on any atom is -0.459 e. The molecule has 0 aliphatic carbocycles. The fourth-order valence-electron chi connectivity index (χ4n) is 2.15. The van der Waals surface area contributed by atoms with Gasteiger partial charge in [0, 0.05) is 11.5 Å². The number of anilines is 1. The van der Waals surface area contributed by atoms with Crippen molar-refractivity contribution in [3.63, 3.8) is 0 Å². The summed E-state index contributed by atoms with van der Waals surface area (Å²) in [6, 6.07) is 11.5. The number of rotatable bonds is 3. The molecule has 5 heteroatoms. The summed E-state index contributed by atoms with van der Waals surface area (Å²) in [4.78, 5) is 0. The highest BCUT2D eigenvalue weighted by Crippen LogP contribution is 2.29. The fourth-order valence-corrected chi connectivity index (χ4v) is 2.50. The second kappa shape index (κ2) is 5.48. The van der Waals surface area contributed by atoms with E-state index in [1.54, 1.807) is 0 Å². The number of fused-ring (bicyclic) bond motifs is 1. The highest BCUT2D eigenvalue weighted by Gasteiger charge is 2.15. The van der Waals surface area contributed by atoms with Crippen LogP contribution < -0.4 is 5.32 Å². The number of hydrogen-bond acceptors (Lipinski definition) is 2. The van der Waals surface area contributed by atoms with Gasteiger partial charge in [0.1, 0.15) is 23.0 Å². The first-order chi connectivity index (χ1) is 10.0. The Morgan fingerprint density at radius 1 is 1.10 bits per heavy atom. The third-order valence-corrected chi connectivity index (χ3v) is 3.86. The number of hydrogen-bond donors (Lipinski definition) is 1. The Labute approximate surface area is 128 Å². The van der Waals surface area contributed by atoms with E-state index in [2.05, 4.69) is 21.2 Å². The minimum absolute atomic E-state index is 0.211. The van der Waals surface area contributed by atoms with Crippen LogP contribution in [0.4, 0.5) is 14.5 Å². The van der Waals surface area contributed by atoms with Gasteiger partial charge in [0.25, 0.3) is 0 Å².